The molecule has 1 aromatic rings. The van der Waals surface area contributed by atoms with Crippen molar-refractivity contribution in [1.29, 1.82) is 0 Å². The van der Waals surface area contributed by atoms with Crippen LogP contribution in [0.25, 0.3) is 0 Å². The number of piperidine rings is 1. The molecule has 0 radical (unpaired) electrons. The number of nitrogens with one attached hydrogen (secondary N) is 1. The van der Waals surface area contributed by atoms with E-state index in [4.69, 9.17) is 0 Å². The Hall–Kier alpha value is -0.450. The van der Waals surface area contributed by atoms with E-state index < -0.39 is 0 Å². The molecular formula is C10H16N2OS. The van der Waals surface area contributed by atoms with Gasteiger partial charge in [-0.15, -0.1) is 11.3 Å². The molecule has 2 atom stereocenters. The molecule has 1 aliphatic heterocycles. The van der Waals surface area contributed by atoms with Gasteiger partial charge in [-0.3, -0.25) is 0 Å². The van der Waals surface area contributed by atoms with Crippen molar-refractivity contribution in [3.05, 3.63) is 16.1 Å². The fourth-order valence-corrected chi connectivity index (χ4v) is 2.68. The summed E-state index contributed by atoms with van der Waals surface area (Å²) in [5.41, 5.74) is 0. The maximum atomic E-state index is 9.39. The van der Waals surface area contributed by atoms with Crippen LogP contribution in [0.2, 0.25) is 0 Å². The van der Waals surface area contributed by atoms with Gasteiger partial charge in [0.1, 0.15) is 5.01 Å². The van der Waals surface area contributed by atoms with Crippen LogP contribution in [0.5, 0.6) is 0 Å². The van der Waals surface area contributed by atoms with Gasteiger partial charge in [0.15, 0.2) is 0 Å². The summed E-state index contributed by atoms with van der Waals surface area (Å²) in [7, 11) is 0. The molecule has 4 heteroatoms. The lowest BCUT2D eigenvalue weighted by molar-refractivity contribution is 0.203. The Morgan fingerprint density at radius 1 is 1.64 bits per heavy atom. The fraction of sp³-hybridized carbons (Fsp3) is 0.700. The average molecular weight is 212 g/mol. The lowest BCUT2D eigenvalue weighted by Crippen LogP contribution is -2.26. The third kappa shape index (κ3) is 2.13. The van der Waals surface area contributed by atoms with Crippen molar-refractivity contribution in [2.75, 3.05) is 6.54 Å². The van der Waals surface area contributed by atoms with Crippen LogP contribution in [0.3, 0.4) is 0 Å². The number of rotatable bonds is 2. The molecule has 14 heavy (non-hydrogen) atoms. The summed E-state index contributed by atoms with van der Waals surface area (Å²) in [5, 5.41) is 14.0. The molecule has 0 bridgehead atoms. The standard InChI is InChI=1S/C10H16N2OS/c1-7(13)9-6-12-10(14-9)8-4-2-3-5-11-8/h6-8,11,13H,2-5H2,1H3. The molecule has 1 fully saturated rings. The molecule has 0 aromatic carbocycles. The van der Waals surface area contributed by atoms with Crippen molar-refractivity contribution < 1.29 is 5.11 Å². The highest BCUT2D eigenvalue weighted by molar-refractivity contribution is 7.11. The summed E-state index contributed by atoms with van der Waals surface area (Å²) in [5.74, 6) is 0. The maximum absolute atomic E-state index is 9.39. The number of thiazole rings is 1. The molecule has 0 aliphatic carbocycles. The van der Waals surface area contributed by atoms with E-state index in [2.05, 4.69) is 10.3 Å². The second-order valence-corrected chi connectivity index (χ2v) is 4.87. The highest BCUT2D eigenvalue weighted by Gasteiger charge is 2.18. The predicted octanol–water partition coefficient (Wildman–Crippen LogP) is 2.01. The van der Waals surface area contributed by atoms with Crippen molar-refractivity contribution in [2.45, 2.75) is 38.3 Å². The normalized spacial score (nSPS) is 24.9. The maximum Gasteiger partial charge on any atom is 0.110 e. The van der Waals surface area contributed by atoms with Gasteiger partial charge in [0.2, 0.25) is 0 Å². The molecule has 78 valence electrons. The van der Waals surface area contributed by atoms with Crippen molar-refractivity contribution in [3.63, 3.8) is 0 Å². The molecule has 0 saturated carbocycles. The van der Waals surface area contributed by atoms with E-state index in [1.807, 2.05) is 0 Å². The largest absolute Gasteiger partial charge is 0.388 e. The molecule has 0 amide bonds. The molecule has 3 nitrogen and oxygen atoms in total. The first-order valence-corrected chi connectivity index (χ1v) is 5.96. The van der Waals surface area contributed by atoms with E-state index in [0.717, 1.165) is 16.4 Å². The zero-order chi connectivity index (χ0) is 9.97. The second-order valence-electron chi connectivity index (χ2n) is 3.78. The van der Waals surface area contributed by atoms with Crippen LogP contribution in [-0.4, -0.2) is 16.6 Å². The van der Waals surface area contributed by atoms with Gasteiger partial charge in [-0.2, -0.15) is 0 Å². The average Bonchev–Trinajstić information content (AvgIpc) is 2.68. The molecule has 1 saturated heterocycles. The fourth-order valence-electron chi connectivity index (χ4n) is 1.72. The minimum atomic E-state index is -0.384. The van der Waals surface area contributed by atoms with Crippen LogP contribution in [0, 0.1) is 0 Å². The zero-order valence-electron chi connectivity index (χ0n) is 8.36. The Morgan fingerprint density at radius 2 is 2.50 bits per heavy atom. The van der Waals surface area contributed by atoms with Gasteiger partial charge in [-0.05, 0) is 26.3 Å². The molecule has 2 heterocycles. The van der Waals surface area contributed by atoms with Gasteiger partial charge in [-0.1, -0.05) is 6.42 Å². The van der Waals surface area contributed by atoms with Gasteiger partial charge in [-0.25, -0.2) is 4.98 Å². The molecule has 2 unspecified atom stereocenters. The van der Waals surface area contributed by atoms with Gasteiger partial charge >= 0.3 is 0 Å². The summed E-state index contributed by atoms with van der Waals surface area (Å²) in [6.07, 6.45) is 5.13. The van der Waals surface area contributed by atoms with E-state index in [1.165, 1.54) is 19.3 Å². The second kappa shape index (κ2) is 4.38. The predicted molar refractivity (Wildman–Crippen MR) is 57.3 cm³/mol. The van der Waals surface area contributed by atoms with Crippen molar-refractivity contribution in [3.8, 4) is 0 Å². The SMILES string of the molecule is CC(O)c1cnc(C2CCCCN2)s1. The van der Waals surface area contributed by atoms with Gasteiger partial charge in [0.05, 0.1) is 17.0 Å². The topological polar surface area (TPSA) is 45.2 Å². The van der Waals surface area contributed by atoms with Crippen LogP contribution >= 0.6 is 11.3 Å². The van der Waals surface area contributed by atoms with E-state index in [9.17, 15) is 5.11 Å². The monoisotopic (exact) mass is 212 g/mol. The van der Waals surface area contributed by atoms with Gasteiger partial charge in [0.25, 0.3) is 0 Å². The number of hydrogen-bond donors (Lipinski definition) is 2. The quantitative estimate of drug-likeness (QED) is 0.788. The number of aromatic nitrogens is 1. The van der Waals surface area contributed by atoms with Gasteiger partial charge in [0, 0.05) is 6.20 Å². The van der Waals surface area contributed by atoms with Crippen LogP contribution in [0.1, 0.15) is 48.2 Å². The van der Waals surface area contributed by atoms with Crippen LogP contribution in [0.4, 0.5) is 0 Å². The number of aliphatic hydroxyl groups excluding tert-OH is 1. The highest BCUT2D eigenvalue weighted by Crippen LogP contribution is 2.29. The summed E-state index contributed by atoms with van der Waals surface area (Å²) >= 11 is 1.62. The van der Waals surface area contributed by atoms with E-state index >= 15 is 0 Å². The van der Waals surface area contributed by atoms with Crippen molar-refractivity contribution in [2.24, 2.45) is 0 Å². The Balaban J connectivity index is 2.07. The molecule has 1 aromatic heterocycles. The zero-order valence-corrected chi connectivity index (χ0v) is 9.18. The molecule has 2 N–H and O–H groups in total. The first kappa shape index (κ1) is 10.1. The van der Waals surface area contributed by atoms with Crippen molar-refractivity contribution >= 4 is 11.3 Å². The summed E-state index contributed by atoms with van der Waals surface area (Å²) in [6, 6.07) is 0.418. The van der Waals surface area contributed by atoms with E-state index in [1.54, 1.807) is 24.5 Å². The molecule has 2 rings (SSSR count). The van der Waals surface area contributed by atoms with Crippen LogP contribution in [0.15, 0.2) is 6.20 Å². The molecule has 1 aliphatic rings. The lowest BCUT2D eigenvalue weighted by Gasteiger charge is -2.21. The van der Waals surface area contributed by atoms with Crippen molar-refractivity contribution in [1.82, 2.24) is 10.3 Å². The molecular weight excluding hydrogens is 196 g/mol. The number of aliphatic hydroxyl groups is 1. The smallest absolute Gasteiger partial charge is 0.110 e. The Bertz CT molecular complexity index is 292. The van der Waals surface area contributed by atoms with Gasteiger partial charge < -0.3 is 10.4 Å². The highest BCUT2D eigenvalue weighted by atomic mass is 32.1. The minimum Gasteiger partial charge on any atom is -0.388 e. The minimum absolute atomic E-state index is 0.384. The third-order valence-electron chi connectivity index (χ3n) is 2.56. The Morgan fingerprint density at radius 3 is 3.07 bits per heavy atom. The lowest BCUT2D eigenvalue weighted by atomic mass is 10.1. The Labute approximate surface area is 88.2 Å². The molecule has 0 spiro atoms. The van der Waals surface area contributed by atoms with E-state index in [0.29, 0.717) is 6.04 Å². The first-order chi connectivity index (χ1) is 6.77. The van der Waals surface area contributed by atoms with Crippen LogP contribution in [-0.2, 0) is 0 Å². The summed E-state index contributed by atoms with van der Waals surface area (Å²) in [6.45, 7) is 2.87. The first-order valence-electron chi connectivity index (χ1n) is 5.14. The number of nitrogens with zero attached hydrogens (tertiary/aromatic N) is 1. The summed E-state index contributed by atoms with van der Waals surface area (Å²) < 4.78 is 0. The summed E-state index contributed by atoms with van der Waals surface area (Å²) in [4.78, 5) is 5.32. The van der Waals surface area contributed by atoms with Crippen LogP contribution < -0.4 is 5.32 Å². The Kier molecular flexibility index (Phi) is 3.15. The number of hydrogen-bond acceptors (Lipinski definition) is 4. The third-order valence-corrected chi connectivity index (χ3v) is 3.84. The van der Waals surface area contributed by atoms with E-state index in [-0.39, 0.29) is 6.10 Å².